The van der Waals surface area contributed by atoms with E-state index in [0.717, 1.165) is 23.1 Å². The van der Waals surface area contributed by atoms with Gasteiger partial charge in [0, 0.05) is 12.6 Å². The third kappa shape index (κ3) is 2.71. The van der Waals surface area contributed by atoms with Crippen molar-refractivity contribution in [3.8, 4) is 11.4 Å². The number of rotatable bonds is 4. The minimum Gasteiger partial charge on any atom is -0.305 e. The van der Waals surface area contributed by atoms with E-state index in [9.17, 15) is 4.39 Å². The molecule has 2 heterocycles. The van der Waals surface area contributed by atoms with Crippen molar-refractivity contribution in [2.75, 3.05) is 0 Å². The van der Waals surface area contributed by atoms with Crippen LogP contribution >= 0.6 is 11.8 Å². The van der Waals surface area contributed by atoms with E-state index < -0.39 is 0 Å². The Hall–Kier alpha value is -2.28. The molecule has 0 saturated heterocycles. The fourth-order valence-corrected chi connectivity index (χ4v) is 2.82. The highest BCUT2D eigenvalue weighted by molar-refractivity contribution is 7.99. The van der Waals surface area contributed by atoms with Gasteiger partial charge in [-0.1, -0.05) is 37.3 Å². The molecule has 0 radical (unpaired) electrons. The first-order chi connectivity index (χ1) is 10.7. The maximum atomic E-state index is 14.2. The maximum Gasteiger partial charge on any atom is 0.197 e. The van der Waals surface area contributed by atoms with Crippen molar-refractivity contribution < 1.29 is 4.39 Å². The first-order valence-electron chi connectivity index (χ1n) is 6.82. The SMILES string of the molecule is CCc1ncnc(Sc2nnc(-c3ccccc3)n2C)c1F. The van der Waals surface area contributed by atoms with Gasteiger partial charge in [0.05, 0.1) is 5.69 Å². The van der Waals surface area contributed by atoms with E-state index in [4.69, 9.17) is 0 Å². The van der Waals surface area contributed by atoms with Crippen LogP contribution in [0.1, 0.15) is 12.6 Å². The zero-order chi connectivity index (χ0) is 15.5. The summed E-state index contributed by atoms with van der Waals surface area (Å²) in [5.74, 6) is 0.340. The van der Waals surface area contributed by atoms with Crippen LogP contribution in [0.5, 0.6) is 0 Å². The third-order valence-corrected chi connectivity index (χ3v) is 4.24. The Kier molecular flexibility index (Phi) is 4.15. The molecule has 0 fully saturated rings. The van der Waals surface area contributed by atoms with Gasteiger partial charge in [0.25, 0.3) is 0 Å². The van der Waals surface area contributed by atoms with Crippen molar-refractivity contribution in [3.63, 3.8) is 0 Å². The fraction of sp³-hybridized carbons (Fsp3) is 0.200. The van der Waals surface area contributed by atoms with E-state index in [2.05, 4.69) is 20.2 Å². The number of hydrogen-bond donors (Lipinski definition) is 0. The predicted octanol–water partition coefficient (Wildman–Crippen LogP) is 3.12. The van der Waals surface area contributed by atoms with E-state index in [-0.39, 0.29) is 10.8 Å². The van der Waals surface area contributed by atoms with Crippen molar-refractivity contribution in [1.82, 2.24) is 24.7 Å². The summed E-state index contributed by atoms with van der Waals surface area (Å²) in [7, 11) is 1.85. The molecule has 0 unspecified atom stereocenters. The van der Waals surface area contributed by atoms with Crippen LogP contribution < -0.4 is 0 Å². The average molecular weight is 315 g/mol. The molecule has 5 nitrogen and oxygen atoms in total. The molecular formula is C15H14FN5S. The molecule has 0 bridgehead atoms. The van der Waals surface area contributed by atoms with E-state index in [1.807, 2.05) is 48.9 Å². The van der Waals surface area contributed by atoms with Crippen LogP contribution in [0.2, 0.25) is 0 Å². The smallest absolute Gasteiger partial charge is 0.197 e. The Labute approximate surface area is 131 Å². The lowest BCUT2D eigenvalue weighted by Crippen LogP contribution is -1.99. The number of nitrogens with zero attached hydrogens (tertiary/aromatic N) is 5. The zero-order valence-electron chi connectivity index (χ0n) is 12.2. The summed E-state index contributed by atoms with van der Waals surface area (Å²) in [6.07, 6.45) is 1.90. The minimum absolute atomic E-state index is 0.266. The Morgan fingerprint density at radius 1 is 1.14 bits per heavy atom. The van der Waals surface area contributed by atoms with Gasteiger partial charge in [-0.15, -0.1) is 10.2 Å². The molecule has 0 N–H and O–H groups in total. The van der Waals surface area contributed by atoms with Crippen LogP contribution in [0, 0.1) is 5.82 Å². The number of benzene rings is 1. The molecule has 7 heteroatoms. The second kappa shape index (κ2) is 6.23. The molecule has 1 aromatic carbocycles. The summed E-state index contributed by atoms with van der Waals surface area (Å²) >= 11 is 1.15. The highest BCUT2D eigenvalue weighted by Gasteiger charge is 2.16. The number of hydrogen-bond acceptors (Lipinski definition) is 5. The molecule has 0 aliphatic rings. The molecule has 0 saturated carbocycles. The molecule has 112 valence electrons. The van der Waals surface area contributed by atoms with Crippen LogP contribution in [0.4, 0.5) is 4.39 Å². The summed E-state index contributed by atoms with van der Waals surface area (Å²) in [4.78, 5) is 7.93. The summed E-state index contributed by atoms with van der Waals surface area (Å²) in [6.45, 7) is 1.86. The van der Waals surface area contributed by atoms with Gasteiger partial charge in [-0.3, -0.25) is 0 Å². The van der Waals surface area contributed by atoms with Gasteiger partial charge in [-0.25, -0.2) is 14.4 Å². The van der Waals surface area contributed by atoms with E-state index in [1.54, 1.807) is 0 Å². The molecule has 0 spiro atoms. The molecule has 3 rings (SSSR count). The molecule has 0 aliphatic carbocycles. The van der Waals surface area contributed by atoms with Crippen LogP contribution in [0.15, 0.2) is 46.8 Å². The summed E-state index contributed by atoms with van der Waals surface area (Å²) in [6, 6.07) is 9.73. The van der Waals surface area contributed by atoms with Crippen molar-refractivity contribution >= 4 is 11.8 Å². The van der Waals surface area contributed by atoms with Crippen LogP contribution in [-0.4, -0.2) is 24.7 Å². The summed E-state index contributed by atoms with van der Waals surface area (Å²) in [5, 5.41) is 9.16. The largest absolute Gasteiger partial charge is 0.305 e. The van der Waals surface area contributed by atoms with E-state index >= 15 is 0 Å². The number of halogens is 1. The number of aromatic nitrogens is 5. The molecule has 22 heavy (non-hydrogen) atoms. The normalized spacial score (nSPS) is 10.9. The molecule has 0 amide bonds. The van der Waals surface area contributed by atoms with E-state index in [1.165, 1.54) is 6.33 Å². The van der Waals surface area contributed by atoms with Crippen molar-refractivity contribution in [3.05, 3.63) is 48.2 Å². The standard InChI is InChI=1S/C15H14FN5S/c1-3-11-12(16)14(18-9-17-11)22-15-20-19-13(21(15)2)10-7-5-4-6-8-10/h4-9H,3H2,1-2H3. The first kappa shape index (κ1) is 14.6. The van der Waals surface area contributed by atoms with Crippen LogP contribution in [-0.2, 0) is 13.5 Å². The van der Waals surface area contributed by atoms with Gasteiger partial charge in [0.2, 0.25) is 0 Å². The Morgan fingerprint density at radius 2 is 1.91 bits per heavy atom. The lowest BCUT2D eigenvalue weighted by atomic mass is 10.2. The monoisotopic (exact) mass is 315 g/mol. The van der Waals surface area contributed by atoms with Crippen LogP contribution in [0.3, 0.4) is 0 Å². The number of aryl methyl sites for hydroxylation is 1. The summed E-state index contributed by atoms with van der Waals surface area (Å²) < 4.78 is 16.0. The topological polar surface area (TPSA) is 56.5 Å². The third-order valence-electron chi connectivity index (χ3n) is 3.22. The van der Waals surface area contributed by atoms with Gasteiger partial charge >= 0.3 is 0 Å². The molecular weight excluding hydrogens is 301 g/mol. The second-order valence-corrected chi connectivity index (χ2v) is 5.58. The molecule has 2 aromatic heterocycles. The van der Waals surface area contributed by atoms with Crippen molar-refractivity contribution in [2.24, 2.45) is 7.05 Å². The van der Waals surface area contributed by atoms with Gasteiger partial charge < -0.3 is 4.57 Å². The molecule has 0 aliphatic heterocycles. The van der Waals surface area contributed by atoms with Crippen LogP contribution in [0.25, 0.3) is 11.4 Å². The minimum atomic E-state index is -0.390. The lowest BCUT2D eigenvalue weighted by molar-refractivity contribution is 0.558. The Balaban J connectivity index is 1.93. The van der Waals surface area contributed by atoms with Crippen molar-refractivity contribution in [2.45, 2.75) is 23.5 Å². The predicted molar refractivity (Wildman–Crippen MR) is 81.9 cm³/mol. The van der Waals surface area contributed by atoms with E-state index in [0.29, 0.717) is 17.3 Å². The Morgan fingerprint density at radius 3 is 2.64 bits per heavy atom. The second-order valence-electron chi connectivity index (χ2n) is 4.63. The highest BCUT2D eigenvalue weighted by Crippen LogP contribution is 2.29. The lowest BCUT2D eigenvalue weighted by Gasteiger charge is -2.05. The van der Waals surface area contributed by atoms with Gasteiger partial charge in [-0.05, 0) is 18.2 Å². The van der Waals surface area contributed by atoms with Gasteiger partial charge in [-0.2, -0.15) is 0 Å². The summed E-state index contributed by atoms with van der Waals surface area (Å²) in [5.41, 5.74) is 1.37. The van der Waals surface area contributed by atoms with Gasteiger partial charge in [0.15, 0.2) is 16.8 Å². The van der Waals surface area contributed by atoms with Crippen molar-refractivity contribution in [1.29, 1.82) is 0 Å². The average Bonchev–Trinajstić information content (AvgIpc) is 2.91. The molecule has 0 atom stereocenters. The quantitative estimate of drug-likeness (QED) is 0.692. The first-order valence-corrected chi connectivity index (χ1v) is 7.64. The molecule has 3 aromatic rings. The Bertz CT molecular complexity index is 788. The zero-order valence-corrected chi connectivity index (χ0v) is 13.0. The fourth-order valence-electron chi connectivity index (χ4n) is 2.03. The van der Waals surface area contributed by atoms with Gasteiger partial charge in [0.1, 0.15) is 11.4 Å². The maximum absolute atomic E-state index is 14.2. The highest BCUT2D eigenvalue weighted by atomic mass is 32.2.